The molecule has 1 saturated heterocycles. The van der Waals surface area contributed by atoms with E-state index in [9.17, 15) is 0 Å². The number of nitrogens with one attached hydrogen (secondary N) is 1. The van der Waals surface area contributed by atoms with Crippen LogP contribution in [0.2, 0.25) is 5.02 Å². The predicted molar refractivity (Wildman–Crippen MR) is 144 cm³/mol. The standard InChI is InChI=1S/C24H29ClN6O2.2ClH/c1-17-20(25)5-4-6-21(17)28-7-9-29(10-8-28)31-14-18-11-23(32-2)24(33-3)12-22(18)30(31)15-19-13-26-16-27-19;;/h4-6,11-13,16H,7-10,14-15H2,1-3H3,(H,26,27);2*1H. The van der Waals surface area contributed by atoms with Crippen molar-refractivity contribution in [3.05, 3.63) is 64.7 Å². The predicted octanol–water partition coefficient (Wildman–Crippen LogP) is 4.71. The largest absolute Gasteiger partial charge is 0.493 e. The lowest BCUT2D eigenvalue weighted by atomic mass is 10.1. The van der Waals surface area contributed by atoms with Gasteiger partial charge in [0.05, 0.1) is 45.0 Å². The van der Waals surface area contributed by atoms with Crippen LogP contribution in [0, 0.1) is 6.92 Å². The zero-order valence-corrected chi connectivity index (χ0v) is 22.4. The van der Waals surface area contributed by atoms with E-state index >= 15 is 0 Å². The number of halogens is 3. The number of hydrogen-bond donors (Lipinski definition) is 1. The van der Waals surface area contributed by atoms with Crippen LogP contribution < -0.4 is 19.4 Å². The van der Waals surface area contributed by atoms with Crippen molar-refractivity contribution in [1.29, 1.82) is 0 Å². The molecule has 0 spiro atoms. The van der Waals surface area contributed by atoms with Crippen molar-refractivity contribution >= 4 is 47.8 Å². The van der Waals surface area contributed by atoms with Crippen molar-refractivity contribution < 1.29 is 9.47 Å². The number of anilines is 2. The van der Waals surface area contributed by atoms with Gasteiger partial charge >= 0.3 is 0 Å². The Labute approximate surface area is 223 Å². The van der Waals surface area contributed by atoms with Crippen molar-refractivity contribution in [2.45, 2.75) is 20.0 Å². The number of hydrazine groups is 2. The topological polar surface area (TPSA) is 60.1 Å². The summed E-state index contributed by atoms with van der Waals surface area (Å²) in [5, 5.41) is 7.88. The van der Waals surface area contributed by atoms with Crippen molar-refractivity contribution in [1.82, 2.24) is 20.1 Å². The second-order valence-electron chi connectivity index (χ2n) is 8.33. The van der Waals surface area contributed by atoms with Crippen molar-refractivity contribution in [2.75, 3.05) is 50.3 Å². The van der Waals surface area contributed by atoms with Gasteiger partial charge in [0.1, 0.15) is 0 Å². The van der Waals surface area contributed by atoms with E-state index in [-0.39, 0.29) is 24.8 Å². The molecule has 2 aliphatic heterocycles. The second kappa shape index (κ2) is 11.6. The molecule has 0 amide bonds. The summed E-state index contributed by atoms with van der Waals surface area (Å²) in [6.07, 6.45) is 3.59. The van der Waals surface area contributed by atoms with E-state index in [1.165, 1.54) is 11.3 Å². The Hall–Kier alpha value is -2.36. The van der Waals surface area contributed by atoms with Gasteiger partial charge < -0.3 is 19.4 Å². The van der Waals surface area contributed by atoms with Crippen LogP contribution in [-0.2, 0) is 13.1 Å². The summed E-state index contributed by atoms with van der Waals surface area (Å²) in [5.74, 6) is 1.48. The number of imidazole rings is 1. The summed E-state index contributed by atoms with van der Waals surface area (Å²) < 4.78 is 11.1. The SMILES string of the molecule is COc1cc2c(cc1OC)N(Cc1cnc[nH]1)N(N1CCN(c3cccc(Cl)c3C)CC1)C2.Cl.Cl. The first kappa shape index (κ1) is 27.2. The molecular weight excluding hydrogens is 511 g/mol. The smallest absolute Gasteiger partial charge is 0.162 e. The van der Waals surface area contributed by atoms with Crippen LogP contribution in [0.1, 0.15) is 16.8 Å². The van der Waals surface area contributed by atoms with Crippen molar-refractivity contribution in [3.8, 4) is 11.5 Å². The Balaban J connectivity index is 0.00000171. The van der Waals surface area contributed by atoms with Gasteiger partial charge in [-0.1, -0.05) is 17.7 Å². The minimum absolute atomic E-state index is 0. The molecule has 2 aromatic carbocycles. The molecule has 5 rings (SSSR count). The highest BCUT2D eigenvalue weighted by Gasteiger charge is 2.35. The Kier molecular flexibility index (Phi) is 9.01. The van der Waals surface area contributed by atoms with Crippen LogP contribution in [0.25, 0.3) is 0 Å². The van der Waals surface area contributed by atoms with Gasteiger partial charge in [0.25, 0.3) is 0 Å². The number of fused-ring (bicyclic) bond motifs is 1. The third kappa shape index (κ3) is 5.27. The van der Waals surface area contributed by atoms with E-state index in [4.69, 9.17) is 21.1 Å². The molecule has 0 bridgehead atoms. The molecule has 0 aliphatic carbocycles. The summed E-state index contributed by atoms with van der Waals surface area (Å²) in [5.41, 5.74) is 5.74. The van der Waals surface area contributed by atoms with E-state index in [1.807, 2.05) is 18.3 Å². The van der Waals surface area contributed by atoms with E-state index in [0.717, 1.165) is 66.2 Å². The minimum atomic E-state index is 0. The Bertz CT molecular complexity index is 1120. The number of methoxy groups -OCH3 is 2. The van der Waals surface area contributed by atoms with Gasteiger partial charge in [-0.2, -0.15) is 0 Å². The number of ether oxygens (including phenoxy) is 2. The molecule has 1 N–H and O–H groups in total. The fraction of sp³-hybridized carbons (Fsp3) is 0.375. The summed E-state index contributed by atoms with van der Waals surface area (Å²) in [4.78, 5) is 9.86. The zero-order chi connectivity index (χ0) is 22.9. The quantitative estimate of drug-likeness (QED) is 0.485. The van der Waals surface area contributed by atoms with Gasteiger partial charge in [-0.15, -0.1) is 29.9 Å². The van der Waals surface area contributed by atoms with Gasteiger partial charge in [-0.05, 0) is 36.2 Å². The molecule has 190 valence electrons. The van der Waals surface area contributed by atoms with Crippen molar-refractivity contribution in [2.24, 2.45) is 0 Å². The number of H-pyrrole nitrogens is 1. The molecule has 3 heterocycles. The third-order valence-electron chi connectivity index (χ3n) is 6.49. The Morgan fingerprint density at radius 1 is 1.00 bits per heavy atom. The number of aromatic amines is 1. The molecule has 11 heteroatoms. The molecule has 1 aromatic heterocycles. The maximum Gasteiger partial charge on any atom is 0.162 e. The fourth-order valence-corrected chi connectivity index (χ4v) is 4.87. The van der Waals surface area contributed by atoms with Crippen LogP contribution in [0.4, 0.5) is 11.4 Å². The lowest BCUT2D eigenvalue weighted by Gasteiger charge is -2.44. The van der Waals surface area contributed by atoms with Crippen LogP contribution >= 0.6 is 36.4 Å². The number of piperazine rings is 1. The molecule has 8 nitrogen and oxygen atoms in total. The molecule has 0 unspecified atom stereocenters. The second-order valence-corrected chi connectivity index (χ2v) is 8.73. The van der Waals surface area contributed by atoms with Crippen molar-refractivity contribution in [3.63, 3.8) is 0 Å². The fourth-order valence-electron chi connectivity index (χ4n) is 4.70. The number of hydrogen-bond acceptors (Lipinski definition) is 7. The first-order valence-corrected chi connectivity index (χ1v) is 11.5. The monoisotopic (exact) mass is 540 g/mol. The highest BCUT2D eigenvalue weighted by molar-refractivity contribution is 6.31. The molecule has 0 atom stereocenters. The maximum atomic E-state index is 6.37. The summed E-state index contributed by atoms with van der Waals surface area (Å²) in [6.45, 7) is 7.24. The normalized spacial score (nSPS) is 15.9. The van der Waals surface area contributed by atoms with Crippen LogP contribution in [-0.4, -0.2) is 60.5 Å². The first-order chi connectivity index (χ1) is 16.1. The highest BCUT2D eigenvalue weighted by atomic mass is 35.5. The Morgan fingerprint density at radius 3 is 2.37 bits per heavy atom. The lowest BCUT2D eigenvalue weighted by molar-refractivity contribution is -0.0409. The van der Waals surface area contributed by atoms with E-state index in [2.05, 4.69) is 55.1 Å². The molecule has 0 saturated carbocycles. The lowest BCUT2D eigenvalue weighted by Crippen LogP contribution is -2.57. The van der Waals surface area contributed by atoms with E-state index < -0.39 is 0 Å². The summed E-state index contributed by atoms with van der Waals surface area (Å²) in [7, 11) is 3.35. The summed E-state index contributed by atoms with van der Waals surface area (Å²) in [6, 6.07) is 10.3. The number of rotatable bonds is 6. The Morgan fingerprint density at radius 2 is 1.71 bits per heavy atom. The van der Waals surface area contributed by atoms with Crippen LogP contribution in [0.5, 0.6) is 11.5 Å². The number of aromatic nitrogens is 2. The van der Waals surface area contributed by atoms with Gasteiger partial charge in [-0.3, -0.25) is 5.01 Å². The molecule has 35 heavy (non-hydrogen) atoms. The zero-order valence-electron chi connectivity index (χ0n) is 20.0. The first-order valence-electron chi connectivity index (χ1n) is 11.1. The van der Waals surface area contributed by atoms with E-state index in [0.29, 0.717) is 6.54 Å². The van der Waals surface area contributed by atoms with E-state index in [1.54, 1.807) is 20.5 Å². The van der Waals surface area contributed by atoms with Crippen LogP contribution in [0.3, 0.4) is 0 Å². The number of nitrogens with zero attached hydrogens (tertiary/aromatic N) is 5. The van der Waals surface area contributed by atoms with Crippen LogP contribution in [0.15, 0.2) is 42.9 Å². The maximum absolute atomic E-state index is 6.37. The highest BCUT2D eigenvalue weighted by Crippen LogP contribution is 2.41. The molecule has 2 aliphatic rings. The summed E-state index contributed by atoms with van der Waals surface area (Å²) >= 11 is 6.37. The molecular formula is C24H31Cl3N6O2. The van der Waals surface area contributed by atoms with Gasteiger partial charge in [0.2, 0.25) is 0 Å². The van der Waals surface area contributed by atoms with Gasteiger partial charge in [-0.25, -0.2) is 9.99 Å². The van der Waals surface area contributed by atoms with Gasteiger partial charge in [0.15, 0.2) is 11.5 Å². The third-order valence-corrected chi connectivity index (χ3v) is 6.90. The number of benzene rings is 2. The average molecular weight is 542 g/mol. The minimum Gasteiger partial charge on any atom is -0.493 e. The molecule has 3 aromatic rings. The average Bonchev–Trinajstić information content (AvgIpc) is 3.48. The van der Waals surface area contributed by atoms with Gasteiger partial charge in [0, 0.05) is 49.2 Å². The molecule has 0 radical (unpaired) electrons. The molecule has 1 fully saturated rings.